The van der Waals surface area contributed by atoms with E-state index in [-0.39, 0.29) is 23.9 Å². The summed E-state index contributed by atoms with van der Waals surface area (Å²) in [5.74, 6) is 0.470. The fourth-order valence-corrected chi connectivity index (χ4v) is 6.18. The summed E-state index contributed by atoms with van der Waals surface area (Å²) in [5, 5.41) is 3.11. The molecule has 2 atom stereocenters. The number of nitrogens with zero attached hydrogens (tertiary/aromatic N) is 2. The molecule has 224 valence electrons. The van der Waals surface area contributed by atoms with Gasteiger partial charge < -0.3 is 24.4 Å². The molecule has 0 spiro atoms. The first-order chi connectivity index (χ1) is 21.0. The number of carbonyl (C=O) groups is 3. The average Bonchev–Trinajstić information content (AvgIpc) is 3.03. The fraction of sp³-hybridized carbons (Fsp3) is 0.382. The number of alkyl carbamates (subject to hydrolysis) is 1. The lowest BCUT2D eigenvalue weighted by atomic mass is 9.86. The largest absolute Gasteiger partial charge is 0.489 e. The smallest absolute Gasteiger partial charge is 0.408 e. The number of piperidine rings is 3. The Hall–Kier alpha value is -4.37. The van der Waals surface area contributed by atoms with Gasteiger partial charge in [0.25, 0.3) is 5.91 Å². The second-order valence-corrected chi connectivity index (χ2v) is 11.6. The van der Waals surface area contributed by atoms with Crippen LogP contribution in [0.15, 0.2) is 78.9 Å². The summed E-state index contributed by atoms with van der Waals surface area (Å²) >= 11 is 0. The van der Waals surface area contributed by atoms with Gasteiger partial charge in [0.2, 0.25) is 0 Å². The number of fused-ring (bicyclic) bond motifs is 3. The zero-order valence-corrected chi connectivity index (χ0v) is 24.3. The van der Waals surface area contributed by atoms with E-state index < -0.39 is 12.1 Å². The molecule has 7 rings (SSSR count). The third kappa shape index (κ3) is 6.67. The molecule has 3 aromatic rings. The average molecular weight is 584 g/mol. The van der Waals surface area contributed by atoms with Gasteiger partial charge in [-0.15, -0.1) is 0 Å². The number of esters is 1. The number of methoxy groups -OCH3 is 1. The van der Waals surface area contributed by atoms with Crippen LogP contribution < -0.4 is 10.1 Å². The molecule has 4 heterocycles. The minimum Gasteiger partial charge on any atom is -0.489 e. The second-order valence-electron chi connectivity index (χ2n) is 11.6. The van der Waals surface area contributed by atoms with Crippen molar-refractivity contribution >= 4 is 18.0 Å². The van der Waals surface area contributed by atoms with Crippen molar-refractivity contribution in [3.63, 3.8) is 0 Å². The lowest BCUT2D eigenvalue weighted by Crippen LogP contribution is -2.53. The number of carbonyl (C=O) groups excluding carboxylic acids is 3. The Morgan fingerprint density at radius 1 is 0.884 bits per heavy atom. The Morgan fingerprint density at radius 3 is 2.28 bits per heavy atom. The maximum Gasteiger partial charge on any atom is 0.408 e. The summed E-state index contributed by atoms with van der Waals surface area (Å²) in [7, 11) is 1.36. The Balaban J connectivity index is 1.08. The lowest BCUT2D eigenvalue weighted by molar-refractivity contribution is -0.149. The Kier molecular flexibility index (Phi) is 8.60. The Labute approximate surface area is 251 Å². The van der Waals surface area contributed by atoms with Crippen LogP contribution in [0.3, 0.4) is 0 Å². The molecule has 2 amide bonds. The van der Waals surface area contributed by atoms with Crippen LogP contribution in [0.2, 0.25) is 0 Å². The van der Waals surface area contributed by atoms with Gasteiger partial charge >= 0.3 is 12.1 Å². The van der Waals surface area contributed by atoms with Gasteiger partial charge in [-0.2, -0.15) is 0 Å². The van der Waals surface area contributed by atoms with Gasteiger partial charge in [-0.05, 0) is 72.8 Å². The Bertz CT molecular complexity index is 1430. The number of benzene rings is 3. The van der Waals surface area contributed by atoms with Crippen LogP contribution >= 0.6 is 0 Å². The number of hydrogen-bond acceptors (Lipinski definition) is 7. The van der Waals surface area contributed by atoms with Crippen LogP contribution in [0.4, 0.5) is 4.79 Å². The van der Waals surface area contributed by atoms with Gasteiger partial charge in [-0.1, -0.05) is 54.6 Å². The van der Waals surface area contributed by atoms with Gasteiger partial charge in [0.1, 0.15) is 18.5 Å². The third-order valence-corrected chi connectivity index (χ3v) is 8.75. The summed E-state index contributed by atoms with van der Waals surface area (Å²) in [6, 6.07) is 24.4. The van der Waals surface area contributed by atoms with Crippen LogP contribution in [0.25, 0.3) is 0 Å². The molecule has 43 heavy (non-hydrogen) atoms. The molecule has 1 unspecified atom stereocenters. The van der Waals surface area contributed by atoms with Gasteiger partial charge in [-0.25, -0.2) is 4.79 Å². The van der Waals surface area contributed by atoms with Crippen molar-refractivity contribution in [3.05, 3.63) is 101 Å². The predicted octanol–water partition coefficient (Wildman–Crippen LogP) is 4.42. The highest BCUT2D eigenvalue weighted by Gasteiger charge is 2.38. The van der Waals surface area contributed by atoms with Crippen molar-refractivity contribution < 1.29 is 28.6 Å². The van der Waals surface area contributed by atoms with Crippen LogP contribution in [-0.4, -0.2) is 73.7 Å². The molecule has 3 aromatic carbocycles. The molecule has 9 heteroatoms. The topological polar surface area (TPSA) is 97.4 Å². The molecule has 4 saturated heterocycles. The van der Waals surface area contributed by atoms with Gasteiger partial charge in [0, 0.05) is 25.2 Å². The first-order valence-electron chi connectivity index (χ1n) is 14.9. The molecule has 2 bridgehead atoms. The number of likely N-dealkylation sites (tertiary alicyclic amines) is 1. The molecule has 9 nitrogen and oxygen atoms in total. The maximum atomic E-state index is 13.1. The molecule has 4 aliphatic heterocycles. The molecule has 4 fully saturated rings. The summed E-state index contributed by atoms with van der Waals surface area (Å²) < 4.78 is 16.8. The van der Waals surface area contributed by atoms with Gasteiger partial charge in [0.15, 0.2) is 0 Å². The monoisotopic (exact) mass is 583 g/mol. The normalized spacial score (nSPS) is 21.8. The number of ether oxygens (including phenoxy) is 3. The SMILES string of the molecule is COC(=O)C1CN(C(=O)c2ccc(COc3cccc([C@@H](NC(=O)OC4CN5CCC4CC5)c4ccccc4)c3)cc2)C1. The zero-order chi connectivity index (χ0) is 29.8. The number of nitrogens with one attached hydrogen (secondary N) is 1. The molecule has 0 saturated carbocycles. The highest BCUT2D eigenvalue weighted by Crippen LogP contribution is 2.31. The number of rotatable bonds is 9. The quantitative estimate of drug-likeness (QED) is 0.373. The standard InChI is InChI=1S/C34H37N3O6/c1-41-33(39)28-19-37(20-28)32(38)26-12-10-23(11-13-26)22-42-29-9-5-8-27(18-29)31(25-6-3-2-4-7-25)35-34(40)43-30-21-36-16-14-24(30)15-17-36/h2-13,18,24,28,30-31H,14-17,19-22H2,1H3,(H,35,40)/t30?,31-/m0/s1. The Morgan fingerprint density at radius 2 is 1.60 bits per heavy atom. The van der Waals surface area contributed by atoms with Gasteiger partial charge in [-0.3, -0.25) is 14.5 Å². The molecule has 0 aromatic heterocycles. The second kappa shape index (κ2) is 12.9. The summed E-state index contributed by atoms with van der Waals surface area (Å²) in [4.78, 5) is 41.4. The van der Waals surface area contributed by atoms with E-state index in [9.17, 15) is 14.4 Å². The predicted molar refractivity (Wildman–Crippen MR) is 159 cm³/mol. The molecular formula is C34H37N3O6. The van der Waals surface area contributed by atoms with E-state index in [1.54, 1.807) is 17.0 Å². The minimum absolute atomic E-state index is 0.0713. The van der Waals surface area contributed by atoms with Crippen molar-refractivity contribution in [1.82, 2.24) is 15.1 Å². The highest BCUT2D eigenvalue weighted by atomic mass is 16.6. The number of hydrogen-bond donors (Lipinski definition) is 1. The summed E-state index contributed by atoms with van der Waals surface area (Å²) in [6.45, 7) is 4.06. The van der Waals surface area contributed by atoms with E-state index in [4.69, 9.17) is 14.2 Å². The first kappa shape index (κ1) is 28.7. The summed E-state index contributed by atoms with van der Waals surface area (Å²) in [6.07, 6.45) is 1.67. The third-order valence-electron chi connectivity index (χ3n) is 8.75. The van der Waals surface area contributed by atoms with E-state index in [0.717, 1.165) is 49.2 Å². The zero-order valence-electron chi connectivity index (χ0n) is 24.3. The van der Waals surface area contributed by atoms with Gasteiger partial charge in [0.05, 0.1) is 19.1 Å². The fourth-order valence-electron chi connectivity index (χ4n) is 6.18. The van der Waals surface area contributed by atoms with Crippen molar-refractivity contribution in [1.29, 1.82) is 0 Å². The molecular weight excluding hydrogens is 546 g/mol. The van der Waals surface area contributed by atoms with E-state index in [2.05, 4.69) is 10.2 Å². The molecule has 4 aliphatic rings. The number of amides is 2. The van der Waals surface area contributed by atoms with Crippen LogP contribution in [-0.2, 0) is 20.9 Å². The van der Waals surface area contributed by atoms with E-state index in [1.165, 1.54) is 7.11 Å². The van der Waals surface area contributed by atoms with Crippen molar-refractivity contribution in [2.24, 2.45) is 11.8 Å². The lowest BCUT2D eigenvalue weighted by Gasteiger charge is -2.43. The van der Waals surface area contributed by atoms with E-state index in [0.29, 0.717) is 36.9 Å². The summed E-state index contributed by atoms with van der Waals surface area (Å²) in [5.41, 5.74) is 3.31. The first-order valence-corrected chi connectivity index (χ1v) is 14.9. The minimum atomic E-state index is -0.410. The van der Waals surface area contributed by atoms with Crippen molar-refractivity contribution in [3.8, 4) is 5.75 Å². The maximum absolute atomic E-state index is 13.1. The molecule has 0 aliphatic carbocycles. The van der Waals surface area contributed by atoms with E-state index >= 15 is 0 Å². The molecule has 0 radical (unpaired) electrons. The van der Waals surface area contributed by atoms with Crippen LogP contribution in [0, 0.1) is 11.8 Å². The highest BCUT2D eigenvalue weighted by molar-refractivity contribution is 5.95. The van der Waals surface area contributed by atoms with Crippen LogP contribution in [0.5, 0.6) is 5.75 Å². The van der Waals surface area contributed by atoms with Crippen molar-refractivity contribution in [2.45, 2.75) is 31.6 Å². The van der Waals surface area contributed by atoms with Crippen molar-refractivity contribution in [2.75, 3.05) is 39.8 Å². The van der Waals surface area contributed by atoms with E-state index in [1.807, 2.05) is 66.7 Å². The molecule has 1 N–H and O–H groups in total. The van der Waals surface area contributed by atoms with Crippen LogP contribution in [0.1, 0.15) is 45.9 Å².